The average molecular weight is 493 g/mol. The fourth-order valence-electron chi connectivity index (χ4n) is 3.83. The van der Waals surface area contributed by atoms with Gasteiger partial charge in [0.15, 0.2) is 5.17 Å². The van der Waals surface area contributed by atoms with Crippen molar-refractivity contribution in [3.05, 3.63) is 88.8 Å². The molecule has 5 rings (SSSR count). The molecule has 0 aliphatic carbocycles. The largest absolute Gasteiger partial charge is 0.467 e. The van der Waals surface area contributed by atoms with E-state index in [1.165, 1.54) is 11.8 Å². The van der Waals surface area contributed by atoms with Gasteiger partial charge in [0.05, 0.1) is 12.0 Å². The molecule has 1 N–H and O–H groups in total. The molecule has 2 amide bonds. The highest BCUT2D eigenvalue weighted by molar-refractivity contribution is 8.15. The zero-order valence-electron chi connectivity index (χ0n) is 18.3. The van der Waals surface area contributed by atoms with Crippen molar-refractivity contribution in [2.24, 2.45) is 10.1 Å². The number of amidine groups is 1. The van der Waals surface area contributed by atoms with Crippen molar-refractivity contribution in [1.82, 2.24) is 5.01 Å². The van der Waals surface area contributed by atoms with Gasteiger partial charge in [0.25, 0.3) is 5.91 Å². The number of hydrazone groups is 1. The first-order valence-electron chi connectivity index (χ1n) is 10.8. The van der Waals surface area contributed by atoms with Gasteiger partial charge in [-0.15, -0.1) is 0 Å². The van der Waals surface area contributed by atoms with Crippen LogP contribution in [0.1, 0.15) is 35.8 Å². The number of thioether (sulfide) groups is 1. The molecule has 0 spiro atoms. The number of rotatable bonds is 5. The van der Waals surface area contributed by atoms with E-state index in [1.54, 1.807) is 11.3 Å². The fraction of sp³-hybridized carbons (Fsp3) is 0.200. The normalized spacial score (nSPS) is 19.8. The third-order valence-corrected chi connectivity index (χ3v) is 6.98. The zero-order valence-corrected chi connectivity index (χ0v) is 19.8. The fourth-order valence-corrected chi connectivity index (χ4v) is 5.02. The summed E-state index contributed by atoms with van der Waals surface area (Å²) in [5, 5.41) is 9.85. The summed E-state index contributed by atoms with van der Waals surface area (Å²) in [5.74, 6) is 0.150. The van der Waals surface area contributed by atoms with E-state index in [0.717, 1.165) is 22.6 Å². The summed E-state index contributed by atoms with van der Waals surface area (Å²) in [6, 6.07) is 18.4. The second kappa shape index (κ2) is 9.48. The average Bonchev–Trinajstić information content (AvgIpc) is 3.56. The van der Waals surface area contributed by atoms with E-state index in [9.17, 15) is 9.59 Å². The van der Waals surface area contributed by atoms with Gasteiger partial charge in [0.2, 0.25) is 5.91 Å². The molecule has 0 saturated heterocycles. The van der Waals surface area contributed by atoms with Gasteiger partial charge >= 0.3 is 0 Å². The maximum atomic E-state index is 12.7. The molecule has 0 unspecified atom stereocenters. The number of aryl methyl sites for hydroxylation is 1. The summed E-state index contributed by atoms with van der Waals surface area (Å²) in [7, 11) is 0. The van der Waals surface area contributed by atoms with Crippen LogP contribution in [0.2, 0.25) is 5.02 Å². The third-order valence-electron chi connectivity index (χ3n) is 5.59. The number of furan rings is 1. The van der Waals surface area contributed by atoms with Crippen LogP contribution in [-0.2, 0) is 9.59 Å². The van der Waals surface area contributed by atoms with Crippen molar-refractivity contribution in [2.45, 2.75) is 31.1 Å². The van der Waals surface area contributed by atoms with Crippen LogP contribution < -0.4 is 5.32 Å². The summed E-state index contributed by atoms with van der Waals surface area (Å²) in [5.41, 5.74) is 3.58. The highest BCUT2D eigenvalue weighted by atomic mass is 35.5. The van der Waals surface area contributed by atoms with Crippen LogP contribution in [0, 0.1) is 6.92 Å². The lowest BCUT2D eigenvalue weighted by Gasteiger charge is -2.20. The molecule has 2 aliphatic heterocycles. The highest BCUT2D eigenvalue weighted by Gasteiger charge is 2.40. The number of aliphatic imine (C=N–C) groups is 1. The molecule has 34 heavy (non-hydrogen) atoms. The number of anilines is 1. The highest BCUT2D eigenvalue weighted by Crippen LogP contribution is 2.38. The minimum absolute atomic E-state index is 0.0252. The predicted octanol–water partition coefficient (Wildman–Crippen LogP) is 5.42. The number of nitrogens with zero attached hydrogens (tertiary/aromatic N) is 3. The van der Waals surface area contributed by atoms with Crippen LogP contribution >= 0.6 is 23.4 Å². The first kappa shape index (κ1) is 22.4. The Hall–Kier alpha value is -3.36. The molecule has 0 saturated carbocycles. The number of amides is 2. The molecule has 2 aromatic carbocycles. The molecule has 0 fully saturated rings. The van der Waals surface area contributed by atoms with E-state index in [2.05, 4.69) is 10.3 Å². The number of nitrogens with one attached hydrogen (secondary N) is 1. The summed E-state index contributed by atoms with van der Waals surface area (Å²) in [4.78, 5) is 29.4. The Balaban J connectivity index is 1.32. The van der Waals surface area contributed by atoms with Crippen molar-refractivity contribution >= 4 is 51.7 Å². The number of halogens is 1. The van der Waals surface area contributed by atoms with Gasteiger partial charge in [-0.25, -0.2) is 5.01 Å². The van der Waals surface area contributed by atoms with Crippen LogP contribution in [-0.4, -0.2) is 33.0 Å². The van der Waals surface area contributed by atoms with Gasteiger partial charge in [0, 0.05) is 23.6 Å². The predicted molar refractivity (Wildman–Crippen MR) is 134 cm³/mol. The van der Waals surface area contributed by atoms with Crippen LogP contribution in [0.3, 0.4) is 0 Å². The molecule has 1 aromatic heterocycles. The molecular weight excluding hydrogens is 472 g/mol. The first-order valence-corrected chi connectivity index (χ1v) is 12.0. The second-order valence-electron chi connectivity index (χ2n) is 8.09. The minimum atomic E-state index is -0.604. The van der Waals surface area contributed by atoms with Crippen LogP contribution in [0.25, 0.3) is 0 Å². The van der Waals surface area contributed by atoms with E-state index in [1.807, 2.05) is 67.6 Å². The smallest absolute Gasteiger partial charge is 0.262 e. The van der Waals surface area contributed by atoms with Gasteiger partial charge in [-0.1, -0.05) is 53.2 Å². The van der Waals surface area contributed by atoms with Crippen molar-refractivity contribution in [3.63, 3.8) is 0 Å². The number of carbonyl (C=O) groups excluding carboxylic acids is 2. The molecule has 0 radical (unpaired) electrons. The summed E-state index contributed by atoms with van der Waals surface area (Å²) in [6.07, 6.45) is 2.22. The van der Waals surface area contributed by atoms with Gasteiger partial charge in [0.1, 0.15) is 17.1 Å². The molecule has 3 aromatic rings. The Labute approximate surface area is 205 Å². The Morgan fingerprint density at radius 3 is 2.65 bits per heavy atom. The summed E-state index contributed by atoms with van der Waals surface area (Å²) < 4.78 is 5.65. The lowest BCUT2D eigenvalue weighted by atomic mass is 10.0. The minimum Gasteiger partial charge on any atom is -0.467 e. The Morgan fingerprint density at radius 2 is 1.94 bits per heavy atom. The van der Waals surface area contributed by atoms with E-state index >= 15 is 0 Å². The number of benzene rings is 2. The number of hydrogen-bond acceptors (Lipinski definition) is 6. The van der Waals surface area contributed by atoms with Crippen molar-refractivity contribution < 1.29 is 14.0 Å². The van der Waals surface area contributed by atoms with Crippen LogP contribution in [0.15, 0.2) is 81.4 Å². The molecule has 2 aliphatic rings. The third kappa shape index (κ3) is 4.78. The van der Waals surface area contributed by atoms with E-state index < -0.39 is 5.25 Å². The zero-order chi connectivity index (χ0) is 23.7. The first-order chi connectivity index (χ1) is 16.5. The van der Waals surface area contributed by atoms with Gasteiger partial charge < -0.3 is 9.73 Å². The summed E-state index contributed by atoms with van der Waals surface area (Å²) >= 11 is 7.29. The van der Waals surface area contributed by atoms with Crippen molar-refractivity contribution in [2.75, 3.05) is 5.32 Å². The van der Waals surface area contributed by atoms with Crippen molar-refractivity contribution in [1.29, 1.82) is 0 Å². The Bertz CT molecular complexity index is 1270. The molecule has 172 valence electrons. The Morgan fingerprint density at radius 1 is 1.18 bits per heavy atom. The van der Waals surface area contributed by atoms with Crippen LogP contribution in [0.4, 0.5) is 5.69 Å². The maximum Gasteiger partial charge on any atom is 0.262 e. The van der Waals surface area contributed by atoms with Crippen LogP contribution in [0.5, 0.6) is 0 Å². The molecule has 9 heteroatoms. The van der Waals surface area contributed by atoms with Gasteiger partial charge in [-0.3, -0.25) is 9.59 Å². The van der Waals surface area contributed by atoms with E-state index in [-0.39, 0.29) is 24.3 Å². The summed E-state index contributed by atoms with van der Waals surface area (Å²) in [6.45, 7) is 1.98. The molecule has 3 heterocycles. The van der Waals surface area contributed by atoms with Gasteiger partial charge in [-0.05, 0) is 48.9 Å². The number of hydrogen-bond donors (Lipinski definition) is 1. The van der Waals surface area contributed by atoms with E-state index in [4.69, 9.17) is 21.1 Å². The molecule has 7 nitrogen and oxygen atoms in total. The topological polar surface area (TPSA) is 87.3 Å². The SMILES string of the molecule is Cc1ccc(NC(=O)C[C@@H]2SC(N3N=C(c4ccc(Cl)cc4)C[C@H]3c3ccco3)=NC2=O)cc1. The lowest BCUT2D eigenvalue weighted by Crippen LogP contribution is -2.24. The Kier molecular flexibility index (Phi) is 6.26. The van der Waals surface area contributed by atoms with Gasteiger partial charge in [-0.2, -0.15) is 10.1 Å². The standard InChI is InChI=1S/C25H21ClN4O3S/c1-15-4-10-18(11-5-15)27-23(31)14-22-24(32)28-25(34-22)30-20(21-3-2-12-33-21)13-19(29-30)16-6-8-17(26)9-7-16/h2-12,20,22H,13-14H2,1H3,(H,27,31)/t20-,22-/m0/s1. The molecular formula is C25H21ClN4O3S. The maximum absolute atomic E-state index is 12.7. The number of carbonyl (C=O) groups is 2. The van der Waals surface area contributed by atoms with E-state index in [0.29, 0.717) is 22.3 Å². The quantitative estimate of drug-likeness (QED) is 0.514. The lowest BCUT2D eigenvalue weighted by molar-refractivity contribution is -0.121. The second-order valence-corrected chi connectivity index (χ2v) is 9.70. The van der Waals surface area contributed by atoms with Crippen molar-refractivity contribution in [3.8, 4) is 0 Å². The molecule has 0 bridgehead atoms. The monoisotopic (exact) mass is 492 g/mol. The molecule has 2 atom stereocenters.